The van der Waals surface area contributed by atoms with Crippen molar-refractivity contribution in [2.75, 3.05) is 0 Å². The number of pyridine rings is 2. The molecule has 2 aromatic heterocycles. The Labute approximate surface area is 196 Å². The van der Waals surface area contributed by atoms with Crippen molar-refractivity contribution >= 4 is 5.96 Å². The van der Waals surface area contributed by atoms with Crippen LogP contribution in [0.2, 0.25) is 0 Å². The first-order chi connectivity index (χ1) is 16.0. The van der Waals surface area contributed by atoms with Gasteiger partial charge in [0.25, 0.3) is 0 Å². The Hall–Kier alpha value is -3.25. The van der Waals surface area contributed by atoms with Gasteiger partial charge in [0.1, 0.15) is 0 Å². The minimum atomic E-state index is 0.0655. The van der Waals surface area contributed by atoms with E-state index in [0.717, 1.165) is 50.2 Å². The number of benzene rings is 1. The van der Waals surface area contributed by atoms with Gasteiger partial charge in [-0.1, -0.05) is 42.5 Å². The number of guanidine groups is 1. The molecular formula is C27H34N6. The summed E-state index contributed by atoms with van der Waals surface area (Å²) >= 11 is 0. The molecule has 6 heteroatoms. The first kappa shape index (κ1) is 22.9. The van der Waals surface area contributed by atoms with Crippen molar-refractivity contribution in [1.29, 1.82) is 5.41 Å². The van der Waals surface area contributed by atoms with Crippen LogP contribution in [0.25, 0.3) is 11.1 Å². The van der Waals surface area contributed by atoms with E-state index in [1.807, 2.05) is 24.5 Å². The largest absolute Gasteiger partial charge is 0.370 e. The molecule has 0 aliphatic heterocycles. The van der Waals surface area contributed by atoms with E-state index in [-0.39, 0.29) is 12.0 Å². The van der Waals surface area contributed by atoms with Gasteiger partial charge in [0.2, 0.25) is 0 Å². The molecule has 4 N–H and O–H groups in total. The molecule has 1 aliphatic carbocycles. The van der Waals surface area contributed by atoms with Crippen LogP contribution in [0.15, 0.2) is 60.9 Å². The number of hydrogen-bond donors (Lipinski definition) is 3. The third kappa shape index (κ3) is 5.96. The Morgan fingerprint density at radius 1 is 1.00 bits per heavy atom. The van der Waals surface area contributed by atoms with Crippen molar-refractivity contribution in [1.82, 2.24) is 20.2 Å². The van der Waals surface area contributed by atoms with Gasteiger partial charge in [0.05, 0.1) is 11.4 Å². The second-order valence-electron chi connectivity index (χ2n) is 9.11. The topological polar surface area (TPSA) is 90.9 Å². The van der Waals surface area contributed by atoms with Gasteiger partial charge in [0.15, 0.2) is 5.96 Å². The lowest BCUT2D eigenvalue weighted by Crippen LogP contribution is -2.45. The minimum absolute atomic E-state index is 0.0655. The van der Waals surface area contributed by atoms with Gasteiger partial charge in [0, 0.05) is 43.1 Å². The molecule has 2 heterocycles. The van der Waals surface area contributed by atoms with Gasteiger partial charge in [-0.2, -0.15) is 0 Å². The smallest absolute Gasteiger partial charge is 0.185 e. The second-order valence-corrected chi connectivity index (χ2v) is 9.11. The van der Waals surface area contributed by atoms with Gasteiger partial charge in [-0.15, -0.1) is 0 Å². The van der Waals surface area contributed by atoms with Crippen LogP contribution in [0.3, 0.4) is 0 Å². The van der Waals surface area contributed by atoms with E-state index in [4.69, 9.17) is 21.1 Å². The van der Waals surface area contributed by atoms with Crippen molar-refractivity contribution in [2.24, 2.45) is 5.73 Å². The molecule has 6 nitrogen and oxygen atoms in total. The van der Waals surface area contributed by atoms with E-state index in [1.54, 1.807) is 0 Å². The summed E-state index contributed by atoms with van der Waals surface area (Å²) in [5.41, 5.74) is 12.6. The zero-order valence-electron chi connectivity index (χ0n) is 19.6. The highest BCUT2D eigenvalue weighted by atomic mass is 15.2. The normalized spacial score (nSPS) is 18.3. The molecule has 1 aromatic carbocycles. The van der Waals surface area contributed by atoms with E-state index in [1.165, 1.54) is 22.3 Å². The van der Waals surface area contributed by atoms with Gasteiger partial charge < -0.3 is 11.1 Å². The van der Waals surface area contributed by atoms with E-state index in [2.05, 4.69) is 60.5 Å². The molecule has 0 radical (unpaired) electrons. The van der Waals surface area contributed by atoms with Gasteiger partial charge in [-0.25, -0.2) is 0 Å². The number of nitrogens with one attached hydrogen (secondary N) is 2. The lowest BCUT2D eigenvalue weighted by atomic mass is 9.89. The summed E-state index contributed by atoms with van der Waals surface area (Å²) in [6, 6.07) is 17.6. The Morgan fingerprint density at radius 3 is 2.42 bits per heavy atom. The molecule has 0 atom stereocenters. The molecule has 1 aliphatic rings. The molecule has 3 aromatic rings. The number of nitrogens with zero attached hydrogens (tertiary/aromatic N) is 3. The maximum Gasteiger partial charge on any atom is 0.185 e. The summed E-state index contributed by atoms with van der Waals surface area (Å²) in [6.07, 6.45) is 7.99. The molecule has 1 saturated carbocycles. The molecule has 0 spiro atoms. The lowest BCUT2D eigenvalue weighted by molar-refractivity contribution is 0.128. The predicted molar refractivity (Wildman–Crippen MR) is 134 cm³/mol. The molecule has 0 amide bonds. The quantitative estimate of drug-likeness (QED) is 0.369. The molecule has 0 bridgehead atoms. The summed E-state index contributed by atoms with van der Waals surface area (Å²) in [7, 11) is 0. The Morgan fingerprint density at radius 2 is 1.73 bits per heavy atom. The van der Waals surface area contributed by atoms with Crippen molar-refractivity contribution in [3.63, 3.8) is 0 Å². The number of aromatic nitrogens is 2. The molecule has 33 heavy (non-hydrogen) atoms. The minimum Gasteiger partial charge on any atom is -0.370 e. The van der Waals surface area contributed by atoms with Gasteiger partial charge in [-0.05, 0) is 62.3 Å². The van der Waals surface area contributed by atoms with Crippen LogP contribution < -0.4 is 11.1 Å². The first-order valence-electron chi connectivity index (χ1n) is 11.8. The van der Waals surface area contributed by atoms with Crippen LogP contribution in [0.1, 0.15) is 48.2 Å². The first-order valence-corrected chi connectivity index (χ1v) is 11.8. The lowest BCUT2D eigenvalue weighted by Gasteiger charge is -2.37. The molecule has 0 saturated heterocycles. The zero-order valence-corrected chi connectivity index (χ0v) is 19.6. The van der Waals surface area contributed by atoms with Crippen LogP contribution in [0.5, 0.6) is 0 Å². The van der Waals surface area contributed by atoms with Crippen molar-refractivity contribution in [3.8, 4) is 11.1 Å². The highest BCUT2D eigenvalue weighted by Crippen LogP contribution is 2.29. The van der Waals surface area contributed by atoms with E-state index < -0.39 is 0 Å². The van der Waals surface area contributed by atoms with Crippen LogP contribution in [-0.4, -0.2) is 32.9 Å². The Bertz CT molecular complexity index is 1070. The number of nitrogens with two attached hydrogens (primary N) is 1. The molecule has 1 fully saturated rings. The fourth-order valence-electron chi connectivity index (χ4n) is 4.86. The molecule has 172 valence electrons. The third-order valence-electron chi connectivity index (χ3n) is 6.58. The van der Waals surface area contributed by atoms with Crippen LogP contribution in [-0.2, 0) is 13.1 Å². The van der Waals surface area contributed by atoms with Crippen molar-refractivity contribution in [3.05, 3.63) is 83.4 Å². The Balaban J connectivity index is 1.59. The SMILES string of the molecule is Cc1cnc(CN(Cc2ncccc2-c2ccccc2)[C@H]2CC[C@H](NC(=N)N)CC2)c(C)c1. The van der Waals surface area contributed by atoms with Crippen molar-refractivity contribution in [2.45, 2.75) is 64.7 Å². The maximum absolute atomic E-state index is 7.55. The summed E-state index contributed by atoms with van der Waals surface area (Å²) < 4.78 is 0. The van der Waals surface area contributed by atoms with Crippen LogP contribution in [0.4, 0.5) is 0 Å². The second kappa shape index (κ2) is 10.6. The zero-order chi connectivity index (χ0) is 23.2. The summed E-state index contributed by atoms with van der Waals surface area (Å²) in [4.78, 5) is 12.1. The monoisotopic (exact) mass is 442 g/mol. The van der Waals surface area contributed by atoms with E-state index >= 15 is 0 Å². The van der Waals surface area contributed by atoms with Gasteiger partial charge >= 0.3 is 0 Å². The highest BCUT2D eigenvalue weighted by Gasteiger charge is 2.27. The summed E-state index contributed by atoms with van der Waals surface area (Å²) in [5.74, 6) is 0.0655. The average molecular weight is 443 g/mol. The summed E-state index contributed by atoms with van der Waals surface area (Å²) in [6.45, 7) is 5.81. The molecule has 4 rings (SSSR count). The van der Waals surface area contributed by atoms with E-state index in [9.17, 15) is 0 Å². The standard InChI is InChI=1S/C27H34N6/c1-19-15-20(2)25(31-16-19)17-33(23-12-10-22(11-13-23)32-27(28)29)18-26-24(9-6-14-30-26)21-7-4-3-5-8-21/h3-9,14-16,22-23H,10-13,17-18H2,1-2H3,(H4,28,29,32)/t22-,23-. The Kier molecular flexibility index (Phi) is 7.35. The van der Waals surface area contributed by atoms with E-state index in [0.29, 0.717) is 6.04 Å². The predicted octanol–water partition coefficient (Wildman–Crippen LogP) is 4.56. The summed E-state index contributed by atoms with van der Waals surface area (Å²) in [5, 5.41) is 10.7. The fourth-order valence-corrected chi connectivity index (χ4v) is 4.86. The van der Waals surface area contributed by atoms with Crippen LogP contribution >= 0.6 is 0 Å². The molecule has 0 unspecified atom stereocenters. The number of hydrogen-bond acceptors (Lipinski definition) is 4. The third-order valence-corrected chi connectivity index (χ3v) is 6.58. The fraction of sp³-hybridized carbons (Fsp3) is 0.370. The average Bonchev–Trinajstić information content (AvgIpc) is 2.81. The van der Waals surface area contributed by atoms with Crippen LogP contribution in [0, 0.1) is 19.3 Å². The molecular weight excluding hydrogens is 408 g/mol. The number of aryl methyl sites for hydroxylation is 2. The van der Waals surface area contributed by atoms with Crippen molar-refractivity contribution < 1.29 is 0 Å². The maximum atomic E-state index is 7.55. The highest BCUT2D eigenvalue weighted by molar-refractivity contribution is 5.74. The van der Waals surface area contributed by atoms with Gasteiger partial charge in [-0.3, -0.25) is 20.3 Å². The number of rotatable bonds is 7.